The van der Waals surface area contributed by atoms with E-state index in [1.807, 2.05) is 45.9 Å². The van der Waals surface area contributed by atoms with Gasteiger partial charge in [-0.1, -0.05) is 63.6 Å². The number of anilines is 1. The summed E-state index contributed by atoms with van der Waals surface area (Å²) in [7, 11) is 0. The standard InChI is InChI=1S/C25H28ClFN4O2/c1-5-14-30(24(33)17-10-6-8-12-19(17)27)16-23(32)28-22-15-21(25(2,3)4)29-31(22)20-13-9-7-11-18(20)26/h6-13,15H,5,14,16H2,1-4H3,(H,28,32). The van der Waals surface area contributed by atoms with Crippen molar-refractivity contribution in [3.8, 4) is 5.69 Å². The van der Waals surface area contributed by atoms with Gasteiger partial charge in [0.25, 0.3) is 5.91 Å². The molecule has 6 nitrogen and oxygen atoms in total. The van der Waals surface area contributed by atoms with Gasteiger partial charge in [-0.2, -0.15) is 5.10 Å². The lowest BCUT2D eigenvalue weighted by Gasteiger charge is -2.22. The number of carbonyl (C=O) groups is 2. The molecule has 0 aliphatic carbocycles. The monoisotopic (exact) mass is 470 g/mol. The highest BCUT2D eigenvalue weighted by molar-refractivity contribution is 6.32. The van der Waals surface area contributed by atoms with E-state index in [2.05, 4.69) is 10.4 Å². The van der Waals surface area contributed by atoms with Gasteiger partial charge in [-0.05, 0) is 30.7 Å². The second-order valence-electron chi connectivity index (χ2n) is 8.78. The molecule has 0 spiro atoms. The van der Waals surface area contributed by atoms with Crippen molar-refractivity contribution < 1.29 is 14.0 Å². The molecule has 1 N–H and O–H groups in total. The van der Waals surface area contributed by atoms with Crippen LogP contribution in [0.25, 0.3) is 5.69 Å². The summed E-state index contributed by atoms with van der Waals surface area (Å²) in [4.78, 5) is 27.2. The van der Waals surface area contributed by atoms with Crippen LogP contribution in [0.3, 0.4) is 0 Å². The minimum absolute atomic E-state index is 0.0603. The molecule has 0 unspecified atom stereocenters. The van der Waals surface area contributed by atoms with Crippen LogP contribution in [0.15, 0.2) is 54.6 Å². The molecular weight excluding hydrogens is 443 g/mol. The van der Waals surface area contributed by atoms with Crippen LogP contribution >= 0.6 is 11.6 Å². The van der Waals surface area contributed by atoms with E-state index in [-0.39, 0.29) is 17.5 Å². The molecule has 2 aromatic carbocycles. The lowest BCUT2D eigenvalue weighted by molar-refractivity contribution is -0.116. The highest BCUT2D eigenvalue weighted by Gasteiger charge is 2.24. The van der Waals surface area contributed by atoms with E-state index < -0.39 is 17.6 Å². The van der Waals surface area contributed by atoms with Gasteiger partial charge in [0.05, 0.1) is 22.0 Å². The quantitative estimate of drug-likeness (QED) is 0.499. The molecule has 0 aliphatic rings. The number of amides is 2. The van der Waals surface area contributed by atoms with Crippen LogP contribution in [0.2, 0.25) is 5.02 Å². The molecule has 3 aromatic rings. The van der Waals surface area contributed by atoms with Gasteiger partial charge in [-0.15, -0.1) is 0 Å². The number of carbonyl (C=O) groups excluding carboxylic acids is 2. The zero-order valence-electron chi connectivity index (χ0n) is 19.2. The highest BCUT2D eigenvalue weighted by Crippen LogP contribution is 2.29. The molecule has 8 heteroatoms. The second-order valence-corrected chi connectivity index (χ2v) is 9.19. The Morgan fingerprint density at radius 2 is 1.79 bits per heavy atom. The molecule has 33 heavy (non-hydrogen) atoms. The molecule has 0 aliphatic heterocycles. The van der Waals surface area contributed by atoms with Crippen molar-refractivity contribution in [3.63, 3.8) is 0 Å². The Hall–Kier alpha value is -3.19. The van der Waals surface area contributed by atoms with Crippen LogP contribution in [-0.4, -0.2) is 39.6 Å². The lowest BCUT2D eigenvalue weighted by Crippen LogP contribution is -2.39. The van der Waals surface area contributed by atoms with Crippen LogP contribution in [0, 0.1) is 5.82 Å². The third-order valence-corrected chi connectivity index (χ3v) is 5.36. The number of benzene rings is 2. The van der Waals surface area contributed by atoms with E-state index in [1.54, 1.807) is 22.9 Å². The van der Waals surface area contributed by atoms with Crippen molar-refractivity contribution in [2.75, 3.05) is 18.4 Å². The minimum atomic E-state index is -0.615. The molecule has 1 aromatic heterocycles. The first-order valence-electron chi connectivity index (χ1n) is 10.8. The summed E-state index contributed by atoms with van der Waals surface area (Å²) >= 11 is 6.38. The molecule has 0 radical (unpaired) electrons. The number of rotatable bonds is 7. The normalized spacial score (nSPS) is 11.3. The molecule has 0 bridgehead atoms. The predicted molar refractivity (Wildman–Crippen MR) is 128 cm³/mol. The summed E-state index contributed by atoms with van der Waals surface area (Å²) in [6.45, 7) is 8.05. The van der Waals surface area contributed by atoms with Crippen molar-refractivity contribution >= 4 is 29.2 Å². The van der Waals surface area contributed by atoms with Crippen LogP contribution < -0.4 is 5.32 Å². The summed E-state index contributed by atoms with van der Waals surface area (Å²) in [6.07, 6.45) is 0.624. The van der Waals surface area contributed by atoms with Gasteiger partial charge in [-0.25, -0.2) is 9.07 Å². The fourth-order valence-corrected chi connectivity index (χ4v) is 3.54. The lowest BCUT2D eigenvalue weighted by atomic mass is 9.92. The maximum absolute atomic E-state index is 14.1. The maximum atomic E-state index is 14.1. The first-order valence-corrected chi connectivity index (χ1v) is 11.2. The Balaban J connectivity index is 1.88. The smallest absolute Gasteiger partial charge is 0.257 e. The molecule has 3 rings (SSSR count). The minimum Gasteiger partial charge on any atom is -0.329 e. The van der Waals surface area contributed by atoms with Crippen LogP contribution in [0.4, 0.5) is 10.2 Å². The summed E-state index contributed by atoms with van der Waals surface area (Å²) in [6, 6.07) is 14.8. The van der Waals surface area contributed by atoms with E-state index in [0.717, 1.165) is 5.69 Å². The number of aromatic nitrogens is 2. The van der Waals surface area contributed by atoms with Crippen molar-refractivity contribution in [3.05, 3.63) is 76.7 Å². The summed E-state index contributed by atoms with van der Waals surface area (Å²) < 4.78 is 15.7. The number of halogens is 2. The average Bonchev–Trinajstić information content (AvgIpc) is 3.17. The topological polar surface area (TPSA) is 67.2 Å². The molecule has 0 saturated carbocycles. The van der Waals surface area contributed by atoms with Crippen LogP contribution in [-0.2, 0) is 10.2 Å². The Bertz CT molecular complexity index is 1150. The largest absolute Gasteiger partial charge is 0.329 e. The summed E-state index contributed by atoms with van der Waals surface area (Å²) in [5.74, 6) is -1.12. The summed E-state index contributed by atoms with van der Waals surface area (Å²) in [5.41, 5.74) is 1.07. The fraction of sp³-hybridized carbons (Fsp3) is 0.320. The van der Waals surface area contributed by atoms with E-state index in [0.29, 0.717) is 29.5 Å². The molecule has 174 valence electrons. The predicted octanol–water partition coefficient (Wildman–Crippen LogP) is 5.45. The van der Waals surface area contributed by atoms with Gasteiger partial charge in [0.15, 0.2) is 0 Å². The maximum Gasteiger partial charge on any atom is 0.257 e. The van der Waals surface area contributed by atoms with Gasteiger partial charge in [0.2, 0.25) is 5.91 Å². The number of nitrogens with one attached hydrogen (secondary N) is 1. The first kappa shape index (κ1) is 24.5. The Kier molecular flexibility index (Phi) is 7.53. The van der Waals surface area contributed by atoms with Crippen molar-refractivity contribution in [1.82, 2.24) is 14.7 Å². The van der Waals surface area contributed by atoms with E-state index >= 15 is 0 Å². The summed E-state index contributed by atoms with van der Waals surface area (Å²) in [5, 5.41) is 8.00. The van der Waals surface area contributed by atoms with Crippen LogP contribution in [0.5, 0.6) is 0 Å². The van der Waals surface area contributed by atoms with Gasteiger partial charge >= 0.3 is 0 Å². The van der Waals surface area contributed by atoms with Crippen LogP contribution in [0.1, 0.15) is 50.2 Å². The van der Waals surface area contributed by atoms with E-state index in [9.17, 15) is 14.0 Å². The zero-order chi connectivity index (χ0) is 24.2. The number of hydrogen-bond acceptors (Lipinski definition) is 3. The van der Waals surface area contributed by atoms with E-state index in [4.69, 9.17) is 11.6 Å². The molecule has 1 heterocycles. The van der Waals surface area contributed by atoms with Crippen molar-refractivity contribution in [1.29, 1.82) is 0 Å². The fourth-order valence-electron chi connectivity index (χ4n) is 3.33. The SMILES string of the molecule is CCCN(CC(=O)Nc1cc(C(C)(C)C)nn1-c1ccccc1Cl)C(=O)c1ccccc1F. The van der Waals surface area contributed by atoms with Gasteiger partial charge in [0.1, 0.15) is 18.2 Å². The Morgan fingerprint density at radius 1 is 1.12 bits per heavy atom. The molecular formula is C25H28ClFN4O2. The Morgan fingerprint density at radius 3 is 2.42 bits per heavy atom. The second kappa shape index (κ2) is 10.2. The molecule has 0 saturated heterocycles. The van der Waals surface area contributed by atoms with Gasteiger partial charge in [0, 0.05) is 18.0 Å². The third-order valence-electron chi connectivity index (χ3n) is 5.05. The molecule has 2 amide bonds. The number of hydrogen-bond donors (Lipinski definition) is 1. The Labute approximate surface area is 198 Å². The average molecular weight is 471 g/mol. The zero-order valence-corrected chi connectivity index (χ0v) is 20.0. The number of para-hydroxylation sites is 1. The van der Waals surface area contributed by atoms with Crippen molar-refractivity contribution in [2.45, 2.75) is 39.5 Å². The highest BCUT2D eigenvalue weighted by atomic mass is 35.5. The van der Waals surface area contributed by atoms with Crippen molar-refractivity contribution in [2.24, 2.45) is 0 Å². The molecule has 0 atom stereocenters. The third kappa shape index (κ3) is 5.79. The first-order chi connectivity index (χ1) is 15.6. The number of nitrogens with zero attached hydrogens (tertiary/aromatic N) is 3. The van der Waals surface area contributed by atoms with E-state index in [1.165, 1.54) is 23.1 Å². The molecule has 0 fully saturated rings. The van der Waals surface area contributed by atoms with Gasteiger partial charge in [-0.3, -0.25) is 9.59 Å². The van der Waals surface area contributed by atoms with Gasteiger partial charge < -0.3 is 10.2 Å².